The van der Waals surface area contributed by atoms with Crippen LogP contribution in [0.3, 0.4) is 0 Å². The van der Waals surface area contributed by atoms with E-state index in [1.54, 1.807) is 17.5 Å². The summed E-state index contributed by atoms with van der Waals surface area (Å²) in [7, 11) is 0. The molecule has 4 heterocycles. The molecule has 8 heteroatoms. The monoisotopic (exact) mass is 422 g/mol. The summed E-state index contributed by atoms with van der Waals surface area (Å²) in [6, 6.07) is 8.18. The standard InChI is InChI=1S/C22H22N4O3S/c1-14-21(30-22(24-14)16-5-3-9-23-12-16)18-8-7-15-4-2-6-17(20(15)25-18)26-29-13-19-27-10-11-28-19/h3,5,7-9,12,19H,2,4,6,10-11,13H2,1H3. The Morgan fingerprint density at radius 3 is 2.90 bits per heavy atom. The molecular formula is C22H22N4O3S. The van der Waals surface area contributed by atoms with Crippen LogP contribution in [0.15, 0.2) is 41.8 Å². The van der Waals surface area contributed by atoms with Crippen LogP contribution in [0, 0.1) is 6.92 Å². The number of fused-ring (bicyclic) bond motifs is 1. The number of hydrogen-bond donors (Lipinski definition) is 0. The lowest BCUT2D eigenvalue weighted by Crippen LogP contribution is -2.18. The lowest BCUT2D eigenvalue weighted by molar-refractivity contribution is -0.0935. The number of ether oxygens (including phenoxy) is 2. The zero-order chi connectivity index (χ0) is 20.3. The Bertz CT molecular complexity index is 1060. The molecule has 2 aliphatic rings. The van der Waals surface area contributed by atoms with Gasteiger partial charge in [0.2, 0.25) is 0 Å². The molecule has 1 fully saturated rings. The van der Waals surface area contributed by atoms with Gasteiger partial charge in [0.25, 0.3) is 0 Å². The first kappa shape index (κ1) is 19.3. The Kier molecular flexibility index (Phi) is 5.52. The minimum absolute atomic E-state index is 0.293. The van der Waals surface area contributed by atoms with Crippen molar-refractivity contribution in [2.75, 3.05) is 19.8 Å². The van der Waals surface area contributed by atoms with Crippen molar-refractivity contribution in [2.24, 2.45) is 5.16 Å². The molecule has 0 radical (unpaired) electrons. The van der Waals surface area contributed by atoms with Gasteiger partial charge in [0, 0.05) is 18.0 Å². The van der Waals surface area contributed by atoms with Crippen molar-refractivity contribution in [1.29, 1.82) is 0 Å². The number of aryl methyl sites for hydroxylation is 2. The number of pyridine rings is 2. The molecule has 0 spiro atoms. The first-order valence-electron chi connectivity index (χ1n) is 10.1. The van der Waals surface area contributed by atoms with E-state index in [9.17, 15) is 0 Å². The molecule has 0 amide bonds. The Labute approximate surface area is 178 Å². The third-order valence-electron chi connectivity index (χ3n) is 5.13. The van der Waals surface area contributed by atoms with Gasteiger partial charge in [0.1, 0.15) is 10.7 Å². The lowest BCUT2D eigenvalue weighted by Gasteiger charge is -2.17. The van der Waals surface area contributed by atoms with Gasteiger partial charge < -0.3 is 14.3 Å². The molecule has 0 unspecified atom stereocenters. The molecule has 3 aromatic rings. The van der Waals surface area contributed by atoms with Crippen LogP contribution in [-0.2, 0) is 20.7 Å². The summed E-state index contributed by atoms with van der Waals surface area (Å²) in [6.45, 7) is 3.52. The average molecular weight is 423 g/mol. The minimum atomic E-state index is -0.331. The molecule has 0 N–H and O–H groups in total. The Hall–Kier alpha value is -2.68. The third-order valence-corrected chi connectivity index (χ3v) is 6.35. The van der Waals surface area contributed by atoms with Crippen molar-refractivity contribution in [1.82, 2.24) is 15.0 Å². The largest absolute Gasteiger partial charge is 0.390 e. The highest BCUT2D eigenvalue weighted by molar-refractivity contribution is 7.18. The maximum Gasteiger partial charge on any atom is 0.194 e. The van der Waals surface area contributed by atoms with E-state index in [2.05, 4.69) is 22.3 Å². The number of thiazole rings is 1. The molecule has 1 saturated heterocycles. The van der Waals surface area contributed by atoms with Crippen LogP contribution >= 0.6 is 11.3 Å². The van der Waals surface area contributed by atoms with Crippen LogP contribution in [-0.4, -0.2) is 46.8 Å². The summed E-state index contributed by atoms with van der Waals surface area (Å²) in [5.74, 6) is 0. The van der Waals surface area contributed by atoms with E-state index in [4.69, 9.17) is 24.3 Å². The van der Waals surface area contributed by atoms with E-state index in [0.717, 1.165) is 57.5 Å². The zero-order valence-electron chi connectivity index (χ0n) is 16.7. The summed E-state index contributed by atoms with van der Waals surface area (Å²) in [5.41, 5.74) is 5.90. The van der Waals surface area contributed by atoms with Crippen molar-refractivity contribution in [3.8, 4) is 21.1 Å². The molecule has 0 atom stereocenters. The summed E-state index contributed by atoms with van der Waals surface area (Å²) in [6.07, 6.45) is 6.16. The van der Waals surface area contributed by atoms with Crippen LogP contribution in [0.1, 0.15) is 29.8 Å². The fraction of sp³-hybridized carbons (Fsp3) is 0.364. The molecule has 154 valence electrons. The van der Waals surface area contributed by atoms with Gasteiger partial charge in [-0.1, -0.05) is 11.2 Å². The summed E-state index contributed by atoms with van der Waals surface area (Å²) < 4.78 is 10.8. The summed E-state index contributed by atoms with van der Waals surface area (Å²) in [4.78, 5) is 20.5. The molecule has 5 rings (SSSR count). The second kappa shape index (κ2) is 8.59. The van der Waals surface area contributed by atoms with Crippen molar-refractivity contribution < 1.29 is 14.3 Å². The quantitative estimate of drug-likeness (QED) is 0.578. The number of aromatic nitrogens is 3. The highest BCUT2D eigenvalue weighted by Gasteiger charge is 2.22. The number of nitrogens with zero attached hydrogens (tertiary/aromatic N) is 4. The van der Waals surface area contributed by atoms with Crippen LogP contribution in [0.25, 0.3) is 21.1 Å². The van der Waals surface area contributed by atoms with Gasteiger partial charge in [-0.2, -0.15) is 0 Å². The highest BCUT2D eigenvalue weighted by Crippen LogP contribution is 2.35. The Morgan fingerprint density at radius 2 is 2.07 bits per heavy atom. The van der Waals surface area contributed by atoms with Gasteiger partial charge in [-0.15, -0.1) is 11.3 Å². The molecule has 0 saturated carbocycles. The van der Waals surface area contributed by atoms with E-state index in [1.807, 2.05) is 25.3 Å². The maximum absolute atomic E-state index is 5.53. The average Bonchev–Trinajstić information content (AvgIpc) is 3.44. The first-order chi connectivity index (χ1) is 14.8. The SMILES string of the molecule is Cc1nc(-c2cccnc2)sc1-c1ccc2c(n1)C(=NOCC1OCCO1)CCC2. The van der Waals surface area contributed by atoms with Crippen LogP contribution < -0.4 is 0 Å². The Balaban J connectivity index is 1.42. The molecule has 1 aliphatic carbocycles. The molecule has 0 bridgehead atoms. The van der Waals surface area contributed by atoms with Gasteiger partial charge >= 0.3 is 0 Å². The zero-order valence-corrected chi connectivity index (χ0v) is 17.5. The predicted molar refractivity (Wildman–Crippen MR) is 114 cm³/mol. The van der Waals surface area contributed by atoms with E-state index in [1.165, 1.54) is 5.56 Å². The molecule has 30 heavy (non-hydrogen) atoms. The fourth-order valence-electron chi connectivity index (χ4n) is 3.65. The van der Waals surface area contributed by atoms with Crippen LogP contribution in [0.2, 0.25) is 0 Å². The van der Waals surface area contributed by atoms with Crippen molar-refractivity contribution in [3.63, 3.8) is 0 Å². The highest BCUT2D eigenvalue weighted by atomic mass is 32.1. The number of oxime groups is 1. The normalized spacial score (nSPS) is 18.0. The summed E-state index contributed by atoms with van der Waals surface area (Å²) >= 11 is 1.63. The van der Waals surface area contributed by atoms with Gasteiger partial charge in [0.15, 0.2) is 12.9 Å². The van der Waals surface area contributed by atoms with Gasteiger partial charge in [-0.05, 0) is 49.9 Å². The van der Waals surface area contributed by atoms with Crippen LogP contribution in [0.5, 0.6) is 0 Å². The molecule has 3 aromatic heterocycles. The van der Waals surface area contributed by atoms with Crippen molar-refractivity contribution in [2.45, 2.75) is 32.5 Å². The predicted octanol–water partition coefficient (Wildman–Crippen LogP) is 4.01. The van der Waals surface area contributed by atoms with Gasteiger partial charge in [-0.25, -0.2) is 9.97 Å². The van der Waals surface area contributed by atoms with E-state index in [-0.39, 0.29) is 6.29 Å². The number of rotatable bonds is 5. The van der Waals surface area contributed by atoms with E-state index < -0.39 is 0 Å². The lowest BCUT2D eigenvalue weighted by atomic mass is 9.94. The first-order valence-corrected chi connectivity index (χ1v) is 10.9. The smallest absolute Gasteiger partial charge is 0.194 e. The second-order valence-corrected chi connectivity index (χ2v) is 8.24. The topological polar surface area (TPSA) is 78.7 Å². The van der Waals surface area contributed by atoms with Crippen molar-refractivity contribution >= 4 is 17.0 Å². The van der Waals surface area contributed by atoms with Gasteiger partial charge in [0.05, 0.1) is 35.2 Å². The van der Waals surface area contributed by atoms with Gasteiger partial charge in [-0.3, -0.25) is 4.98 Å². The van der Waals surface area contributed by atoms with E-state index in [0.29, 0.717) is 19.8 Å². The number of hydrogen-bond acceptors (Lipinski definition) is 8. The van der Waals surface area contributed by atoms with Crippen LogP contribution in [0.4, 0.5) is 0 Å². The molecule has 7 nitrogen and oxygen atoms in total. The minimum Gasteiger partial charge on any atom is -0.390 e. The fourth-order valence-corrected chi connectivity index (χ4v) is 4.67. The summed E-state index contributed by atoms with van der Waals surface area (Å²) in [5, 5.41) is 5.32. The molecule has 1 aliphatic heterocycles. The second-order valence-electron chi connectivity index (χ2n) is 7.24. The van der Waals surface area contributed by atoms with E-state index >= 15 is 0 Å². The maximum atomic E-state index is 5.53. The van der Waals surface area contributed by atoms with Crippen molar-refractivity contribution in [3.05, 3.63) is 53.6 Å². The third kappa shape index (κ3) is 3.98. The Morgan fingerprint density at radius 1 is 1.17 bits per heavy atom. The molecular weight excluding hydrogens is 400 g/mol. The molecule has 0 aromatic carbocycles.